The molecular weight excluding hydrogens is 410 g/mol. The summed E-state index contributed by atoms with van der Waals surface area (Å²) in [4.78, 5) is 32.0. The minimum atomic E-state index is -0.171. The van der Waals surface area contributed by atoms with E-state index in [4.69, 9.17) is 4.98 Å². The Morgan fingerprint density at radius 1 is 1.29 bits per heavy atom. The predicted octanol–water partition coefficient (Wildman–Crippen LogP) is 4.34. The van der Waals surface area contributed by atoms with E-state index in [-0.39, 0.29) is 5.91 Å². The van der Waals surface area contributed by atoms with E-state index in [0.29, 0.717) is 29.0 Å². The minimum Gasteiger partial charge on any atom is -0.333 e. The first kappa shape index (κ1) is 20.9. The summed E-state index contributed by atoms with van der Waals surface area (Å²) >= 11 is 1.41. The average molecular weight is 436 g/mol. The molecule has 0 saturated carbocycles. The molecule has 4 rings (SSSR count). The molecule has 1 aliphatic rings. The second-order valence-corrected chi connectivity index (χ2v) is 8.17. The highest BCUT2D eigenvalue weighted by Crippen LogP contribution is 2.34. The van der Waals surface area contributed by atoms with Gasteiger partial charge in [0.25, 0.3) is 5.91 Å². The van der Waals surface area contributed by atoms with Crippen LogP contribution in [-0.2, 0) is 6.54 Å². The van der Waals surface area contributed by atoms with Crippen molar-refractivity contribution in [3.05, 3.63) is 53.6 Å². The molecule has 0 radical (unpaired) electrons. The Labute approximate surface area is 185 Å². The van der Waals surface area contributed by atoms with E-state index >= 15 is 0 Å². The van der Waals surface area contributed by atoms with Crippen LogP contribution in [0.1, 0.15) is 37.7 Å². The maximum Gasteiger partial charge on any atom is 0.277 e. The molecule has 8 nitrogen and oxygen atoms in total. The highest BCUT2D eigenvalue weighted by atomic mass is 32.2. The van der Waals surface area contributed by atoms with Crippen molar-refractivity contribution in [3.8, 4) is 0 Å². The lowest BCUT2D eigenvalue weighted by atomic mass is 10.2. The molecule has 31 heavy (non-hydrogen) atoms. The number of hydrogen-bond acceptors (Lipinski definition) is 6. The monoisotopic (exact) mass is 435 g/mol. The zero-order valence-corrected chi connectivity index (χ0v) is 18.8. The summed E-state index contributed by atoms with van der Waals surface area (Å²) in [6, 6.07) is 7.88. The van der Waals surface area contributed by atoms with Crippen LogP contribution in [0, 0.1) is 0 Å². The van der Waals surface area contributed by atoms with Gasteiger partial charge in [0.05, 0.1) is 11.0 Å². The number of aliphatic imine (C=N–C) groups is 1. The molecule has 0 saturated heterocycles. The van der Waals surface area contributed by atoms with Crippen molar-refractivity contribution in [1.82, 2.24) is 24.8 Å². The predicted molar refractivity (Wildman–Crippen MR) is 125 cm³/mol. The van der Waals surface area contributed by atoms with E-state index in [1.54, 1.807) is 0 Å². The Morgan fingerprint density at radius 3 is 2.84 bits per heavy atom. The maximum atomic E-state index is 12.9. The number of imidazole rings is 2. The van der Waals surface area contributed by atoms with Gasteiger partial charge in [0.1, 0.15) is 5.82 Å². The molecule has 0 unspecified atom stereocenters. The molecule has 1 aliphatic heterocycles. The van der Waals surface area contributed by atoms with Gasteiger partial charge in [-0.05, 0) is 55.8 Å². The number of carbonyl (C=O) groups is 1. The van der Waals surface area contributed by atoms with Crippen LogP contribution in [0.3, 0.4) is 0 Å². The van der Waals surface area contributed by atoms with Crippen molar-refractivity contribution < 1.29 is 4.79 Å². The van der Waals surface area contributed by atoms with E-state index in [1.807, 2.05) is 80.0 Å². The van der Waals surface area contributed by atoms with Crippen molar-refractivity contribution in [2.24, 2.45) is 4.99 Å². The number of fused-ring (bicyclic) bond motifs is 2. The zero-order chi connectivity index (χ0) is 22.0. The fourth-order valence-electron chi connectivity index (χ4n) is 3.38. The third-order valence-electron chi connectivity index (χ3n) is 4.87. The minimum absolute atomic E-state index is 0.171. The number of anilines is 1. The second kappa shape index (κ2) is 8.81. The number of nitrogens with zero attached hydrogens (tertiary/aromatic N) is 5. The van der Waals surface area contributed by atoms with Crippen LogP contribution in [0.25, 0.3) is 11.0 Å². The normalized spacial score (nSPS) is 15.9. The molecule has 2 N–H and O–H groups in total. The molecule has 2 aromatic heterocycles. The van der Waals surface area contributed by atoms with Gasteiger partial charge in [0.15, 0.2) is 21.8 Å². The van der Waals surface area contributed by atoms with Crippen LogP contribution in [0.5, 0.6) is 0 Å². The Kier molecular flexibility index (Phi) is 5.94. The number of carbonyl (C=O) groups excluding carboxylic acids is 1. The van der Waals surface area contributed by atoms with Crippen LogP contribution in [0.2, 0.25) is 0 Å². The first-order valence-corrected chi connectivity index (χ1v) is 10.9. The number of benzene rings is 1. The second-order valence-electron chi connectivity index (χ2n) is 7.22. The summed E-state index contributed by atoms with van der Waals surface area (Å²) in [5.41, 5.74) is 3.40. The van der Waals surface area contributed by atoms with Crippen molar-refractivity contribution in [3.63, 3.8) is 0 Å². The molecule has 0 atom stereocenters. The van der Waals surface area contributed by atoms with Gasteiger partial charge in [0, 0.05) is 26.0 Å². The number of allylic oxidation sites excluding steroid dienone is 2. The Hall–Kier alpha value is -3.33. The summed E-state index contributed by atoms with van der Waals surface area (Å²) in [5.74, 6) is 1.16. The Bertz CT molecular complexity index is 1180. The van der Waals surface area contributed by atoms with Gasteiger partial charge in [-0.15, -0.1) is 0 Å². The number of hydrogen-bond donors (Lipinski definition) is 2. The van der Waals surface area contributed by atoms with Crippen LogP contribution in [0.4, 0.5) is 5.82 Å². The summed E-state index contributed by atoms with van der Waals surface area (Å²) < 4.78 is 1.93. The van der Waals surface area contributed by atoms with Crippen LogP contribution >= 0.6 is 11.8 Å². The molecule has 3 aromatic rings. The largest absolute Gasteiger partial charge is 0.333 e. The summed E-state index contributed by atoms with van der Waals surface area (Å²) in [6.45, 7) is 6.42. The molecule has 1 amide bonds. The van der Waals surface area contributed by atoms with Crippen LogP contribution in [-0.4, -0.2) is 38.7 Å². The molecule has 0 bridgehead atoms. The number of H-pyrrole nitrogens is 1. The molecular formula is C22H25N7OS. The van der Waals surface area contributed by atoms with E-state index in [2.05, 4.69) is 20.3 Å². The lowest BCUT2D eigenvalue weighted by Gasteiger charge is -2.27. The molecule has 0 fully saturated rings. The number of aromatic amines is 1. The van der Waals surface area contributed by atoms with Gasteiger partial charge < -0.3 is 19.8 Å². The Morgan fingerprint density at radius 2 is 2.10 bits per heavy atom. The van der Waals surface area contributed by atoms with E-state index in [0.717, 1.165) is 28.2 Å². The van der Waals surface area contributed by atoms with Crippen molar-refractivity contribution >= 4 is 40.7 Å². The van der Waals surface area contributed by atoms with E-state index in [9.17, 15) is 4.79 Å². The third kappa shape index (κ3) is 4.13. The fourth-order valence-corrected chi connectivity index (χ4v) is 4.26. The fraction of sp³-hybridized carbons (Fsp3) is 0.273. The first-order valence-electron chi connectivity index (χ1n) is 10.1. The van der Waals surface area contributed by atoms with Gasteiger partial charge in [-0.3, -0.25) is 9.79 Å². The van der Waals surface area contributed by atoms with Crippen LogP contribution in [0.15, 0.2) is 63.2 Å². The SMILES string of the molecule is CC=C1NC(=O)c2c(nc(Sc3nc4ccccc4[nH]3)n2C/C(C)=C/N=CCC)N1C. The smallest absolute Gasteiger partial charge is 0.277 e. The lowest BCUT2D eigenvalue weighted by Crippen LogP contribution is -2.40. The highest BCUT2D eigenvalue weighted by Gasteiger charge is 2.32. The third-order valence-corrected chi connectivity index (χ3v) is 5.75. The Balaban J connectivity index is 1.77. The van der Waals surface area contributed by atoms with Crippen molar-refractivity contribution in [2.45, 2.75) is 44.0 Å². The molecule has 3 heterocycles. The molecule has 160 valence electrons. The highest BCUT2D eigenvalue weighted by molar-refractivity contribution is 7.99. The van der Waals surface area contributed by atoms with Gasteiger partial charge in [-0.2, -0.15) is 0 Å². The summed E-state index contributed by atoms with van der Waals surface area (Å²) in [6.07, 6.45) is 6.41. The molecule has 1 aromatic carbocycles. The number of nitrogens with one attached hydrogen (secondary N) is 2. The topological polar surface area (TPSA) is 91.2 Å². The van der Waals surface area contributed by atoms with Gasteiger partial charge in [-0.1, -0.05) is 19.1 Å². The number of rotatable bonds is 6. The summed E-state index contributed by atoms with van der Waals surface area (Å²) in [7, 11) is 1.90. The molecule has 0 aliphatic carbocycles. The lowest BCUT2D eigenvalue weighted by molar-refractivity contribution is 0.0951. The van der Waals surface area contributed by atoms with Gasteiger partial charge in [0.2, 0.25) is 0 Å². The standard InChI is InChI=1S/C22H25N7OS/c1-5-11-23-12-14(3)13-29-18-19(28(4)17(6-2)26-20(18)30)27-22(29)31-21-24-15-9-7-8-10-16(15)25-21/h6-12H,5,13H2,1-4H3,(H,24,25)(H,26,30)/b14-12+,17-6?,23-11?. The van der Waals surface area contributed by atoms with Gasteiger partial charge in [-0.25, -0.2) is 9.97 Å². The molecule has 9 heteroatoms. The van der Waals surface area contributed by atoms with Crippen molar-refractivity contribution in [1.29, 1.82) is 0 Å². The van der Waals surface area contributed by atoms with Crippen LogP contribution < -0.4 is 10.2 Å². The number of amides is 1. The zero-order valence-electron chi connectivity index (χ0n) is 18.0. The maximum absolute atomic E-state index is 12.9. The van der Waals surface area contributed by atoms with E-state index < -0.39 is 0 Å². The quantitative estimate of drug-likeness (QED) is 0.562. The van der Waals surface area contributed by atoms with Crippen molar-refractivity contribution in [2.75, 3.05) is 11.9 Å². The number of aromatic nitrogens is 4. The van der Waals surface area contributed by atoms with E-state index in [1.165, 1.54) is 11.8 Å². The first-order chi connectivity index (χ1) is 15.0. The molecule has 0 spiro atoms. The number of para-hydroxylation sites is 2. The summed E-state index contributed by atoms with van der Waals surface area (Å²) in [5, 5.41) is 4.36. The average Bonchev–Trinajstić information content (AvgIpc) is 3.32. The van der Waals surface area contributed by atoms with Gasteiger partial charge >= 0.3 is 0 Å².